The van der Waals surface area contributed by atoms with E-state index in [1.54, 1.807) is 0 Å². The minimum Gasteiger partial charge on any atom is -0.329 e. The zero-order valence-corrected chi connectivity index (χ0v) is 12.9. The number of anilines is 2. The molecule has 3 rings (SSSR count). The number of benzene rings is 2. The third-order valence-electron chi connectivity index (χ3n) is 3.72. The second-order valence-electron chi connectivity index (χ2n) is 4.99. The highest BCUT2D eigenvalue weighted by molar-refractivity contribution is 6.36. The quantitative estimate of drug-likeness (QED) is 0.659. The summed E-state index contributed by atoms with van der Waals surface area (Å²) in [4.78, 5) is 6.92. The molecule has 2 nitrogen and oxygen atoms in total. The number of rotatable bonds is 3. The van der Waals surface area contributed by atoms with Crippen LogP contribution in [0.25, 0.3) is 10.9 Å². The first kappa shape index (κ1) is 13.9. The predicted octanol–water partition coefficient (Wildman–Crippen LogP) is 5.22. The van der Waals surface area contributed by atoms with Gasteiger partial charge >= 0.3 is 0 Å². The maximum absolute atomic E-state index is 6.61. The molecule has 0 spiro atoms. The van der Waals surface area contributed by atoms with Crippen molar-refractivity contribution in [2.75, 3.05) is 11.9 Å². The van der Waals surface area contributed by atoms with Crippen LogP contribution in [0.4, 0.5) is 11.5 Å². The summed E-state index contributed by atoms with van der Waals surface area (Å²) in [6.45, 7) is 2.11. The molecule has 0 atom stereocenters. The highest BCUT2D eigenvalue weighted by Crippen LogP contribution is 2.35. The van der Waals surface area contributed by atoms with E-state index in [0.29, 0.717) is 0 Å². The monoisotopic (exact) mass is 296 g/mol. The first-order valence-electron chi connectivity index (χ1n) is 7.08. The van der Waals surface area contributed by atoms with Gasteiger partial charge < -0.3 is 4.90 Å². The molecule has 0 saturated heterocycles. The molecular formula is C18H17ClN2. The van der Waals surface area contributed by atoms with Crippen molar-refractivity contribution in [3.05, 3.63) is 65.2 Å². The molecule has 106 valence electrons. The van der Waals surface area contributed by atoms with Crippen molar-refractivity contribution in [1.82, 2.24) is 4.98 Å². The van der Waals surface area contributed by atoms with Gasteiger partial charge in [0.1, 0.15) is 5.82 Å². The molecule has 21 heavy (non-hydrogen) atoms. The molecule has 0 aliphatic rings. The van der Waals surface area contributed by atoms with Gasteiger partial charge in [-0.15, -0.1) is 0 Å². The molecule has 3 aromatic rings. The largest absolute Gasteiger partial charge is 0.329 e. The molecule has 3 heteroatoms. The normalized spacial score (nSPS) is 10.8. The molecule has 2 aromatic carbocycles. The second kappa shape index (κ2) is 5.74. The van der Waals surface area contributed by atoms with Crippen LogP contribution in [-0.4, -0.2) is 12.0 Å². The van der Waals surface area contributed by atoms with Crippen molar-refractivity contribution in [2.45, 2.75) is 13.3 Å². The van der Waals surface area contributed by atoms with Crippen LogP contribution in [0.5, 0.6) is 0 Å². The molecular weight excluding hydrogens is 280 g/mol. The third-order valence-corrected chi connectivity index (χ3v) is 4.15. The number of nitrogens with zero attached hydrogens (tertiary/aromatic N) is 2. The van der Waals surface area contributed by atoms with E-state index in [9.17, 15) is 0 Å². The van der Waals surface area contributed by atoms with E-state index in [-0.39, 0.29) is 0 Å². The first-order valence-corrected chi connectivity index (χ1v) is 7.46. The lowest BCUT2D eigenvalue weighted by Crippen LogP contribution is -2.14. The molecule has 0 unspecified atom stereocenters. The van der Waals surface area contributed by atoms with Crippen LogP contribution < -0.4 is 4.90 Å². The molecule has 0 amide bonds. The van der Waals surface area contributed by atoms with Crippen LogP contribution in [0.15, 0.2) is 54.6 Å². The van der Waals surface area contributed by atoms with Gasteiger partial charge in [-0.05, 0) is 24.6 Å². The number of hydrogen-bond acceptors (Lipinski definition) is 2. The molecule has 0 radical (unpaired) electrons. The zero-order valence-electron chi connectivity index (χ0n) is 12.2. The average Bonchev–Trinajstić information content (AvgIpc) is 2.55. The summed E-state index contributed by atoms with van der Waals surface area (Å²) in [5.41, 5.74) is 3.12. The summed E-state index contributed by atoms with van der Waals surface area (Å²) in [7, 11) is 2.03. The van der Waals surface area contributed by atoms with E-state index < -0.39 is 0 Å². The lowest BCUT2D eigenvalue weighted by molar-refractivity contribution is 1.06. The zero-order chi connectivity index (χ0) is 14.8. The lowest BCUT2D eigenvalue weighted by Gasteiger charge is -2.22. The summed E-state index contributed by atoms with van der Waals surface area (Å²) in [6, 6.07) is 18.2. The fourth-order valence-corrected chi connectivity index (χ4v) is 2.94. The summed E-state index contributed by atoms with van der Waals surface area (Å²) < 4.78 is 0. The average molecular weight is 297 g/mol. The van der Waals surface area contributed by atoms with Crippen LogP contribution in [0.1, 0.15) is 12.5 Å². The fraction of sp³-hybridized carbons (Fsp3) is 0.167. The van der Waals surface area contributed by atoms with E-state index >= 15 is 0 Å². The number of pyridine rings is 1. The summed E-state index contributed by atoms with van der Waals surface area (Å²) in [5.74, 6) is 0.924. The number of para-hydroxylation sites is 2. The van der Waals surface area contributed by atoms with Gasteiger partial charge in [-0.25, -0.2) is 4.98 Å². The van der Waals surface area contributed by atoms with Gasteiger partial charge in [0.25, 0.3) is 0 Å². The highest BCUT2D eigenvalue weighted by atomic mass is 35.5. The predicted molar refractivity (Wildman–Crippen MR) is 90.6 cm³/mol. The molecule has 0 aliphatic heterocycles. The molecule has 1 aromatic heterocycles. The van der Waals surface area contributed by atoms with Crippen LogP contribution in [-0.2, 0) is 6.42 Å². The molecule has 0 fully saturated rings. The molecule has 0 bridgehead atoms. The highest BCUT2D eigenvalue weighted by Gasteiger charge is 2.16. The number of fused-ring (bicyclic) bond motifs is 1. The van der Waals surface area contributed by atoms with Crippen molar-refractivity contribution in [3.8, 4) is 0 Å². The van der Waals surface area contributed by atoms with E-state index in [1.807, 2.05) is 49.5 Å². The van der Waals surface area contributed by atoms with Gasteiger partial charge in [-0.1, -0.05) is 54.9 Å². The SMILES string of the molecule is CCc1c(N(C)c2ccccc2)nc2ccccc2c1Cl. The van der Waals surface area contributed by atoms with Gasteiger partial charge in [-0.2, -0.15) is 0 Å². The maximum Gasteiger partial charge on any atom is 0.138 e. The van der Waals surface area contributed by atoms with Gasteiger partial charge in [0.15, 0.2) is 0 Å². The Bertz CT molecular complexity index is 769. The fourth-order valence-electron chi connectivity index (χ4n) is 2.56. The Kier molecular flexibility index (Phi) is 3.80. The van der Waals surface area contributed by atoms with Crippen LogP contribution in [0, 0.1) is 0 Å². The van der Waals surface area contributed by atoms with Crippen molar-refractivity contribution in [3.63, 3.8) is 0 Å². The lowest BCUT2D eigenvalue weighted by atomic mass is 10.1. The Morgan fingerprint density at radius 2 is 1.67 bits per heavy atom. The maximum atomic E-state index is 6.61. The smallest absolute Gasteiger partial charge is 0.138 e. The standard InChI is InChI=1S/C18H17ClN2/c1-3-14-17(19)15-11-7-8-12-16(15)20-18(14)21(2)13-9-5-4-6-10-13/h4-12H,3H2,1-2H3. The summed E-state index contributed by atoms with van der Waals surface area (Å²) >= 11 is 6.61. The van der Waals surface area contributed by atoms with Crippen molar-refractivity contribution in [1.29, 1.82) is 0 Å². The van der Waals surface area contributed by atoms with Gasteiger partial charge in [-0.3, -0.25) is 0 Å². The minimum absolute atomic E-state index is 0.806. The molecule has 0 N–H and O–H groups in total. The van der Waals surface area contributed by atoms with Crippen LogP contribution >= 0.6 is 11.6 Å². The minimum atomic E-state index is 0.806. The van der Waals surface area contributed by atoms with Crippen molar-refractivity contribution >= 4 is 34.0 Å². The Hall–Kier alpha value is -2.06. The van der Waals surface area contributed by atoms with Gasteiger partial charge in [0.2, 0.25) is 0 Å². The van der Waals surface area contributed by atoms with E-state index in [0.717, 1.165) is 39.4 Å². The van der Waals surface area contributed by atoms with Crippen LogP contribution in [0.2, 0.25) is 5.02 Å². The van der Waals surface area contributed by atoms with E-state index in [1.165, 1.54) is 0 Å². The number of hydrogen-bond donors (Lipinski definition) is 0. The first-order chi connectivity index (χ1) is 10.2. The Balaban J connectivity index is 2.22. The molecule has 0 saturated carbocycles. The van der Waals surface area contributed by atoms with Gasteiger partial charge in [0.05, 0.1) is 10.5 Å². The van der Waals surface area contributed by atoms with Crippen molar-refractivity contribution in [2.24, 2.45) is 0 Å². The van der Waals surface area contributed by atoms with Crippen molar-refractivity contribution < 1.29 is 0 Å². The van der Waals surface area contributed by atoms with Gasteiger partial charge in [0, 0.05) is 23.7 Å². The Morgan fingerprint density at radius 1 is 1.00 bits per heavy atom. The summed E-state index contributed by atoms with van der Waals surface area (Å²) in [6.07, 6.45) is 0.850. The molecule has 0 aliphatic carbocycles. The Morgan fingerprint density at radius 3 is 2.38 bits per heavy atom. The third kappa shape index (κ3) is 2.47. The summed E-state index contributed by atoms with van der Waals surface area (Å²) in [5, 5.41) is 1.82. The van der Waals surface area contributed by atoms with E-state index in [2.05, 4.69) is 24.0 Å². The second-order valence-corrected chi connectivity index (χ2v) is 5.37. The van der Waals surface area contributed by atoms with Crippen LogP contribution in [0.3, 0.4) is 0 Å². The Labute approximate surface area is 130 Å². The number of aromatic nitrogens is 1. The van der Waals surface area contributed by atoms with E-state index in [4.69, 9.17) is 16.6 Å². The topological polar surface area (TPSA) is 16.1 Å². The molecule has 1 heterocycles. The number of halogens is 1.